The number of nitrogens with one attached hydrogen (secondary N) is 1. The minimum Gasteiger partial charge on any atom is -0.493 e. The first-order valence-corrected chi connectivity index (χ1v) is 8.99. The van der Waals surface area contributed by atoms with Crippen LogP contribution in [0.4, 0.5) is 0 Å². The van der Waals surface area contributed by atoms with E-state index < -0.39 is 9.84 Å². The molecule has 0 radical (unpaired) electrons. The molecular weight excluding hydrogens is 290 g/mol. The maximum absolute atomic E-state index is 11.6. The van der Waals surface area contributed by atoms with Crippen LogP contribution >= 0.6 is 0 Å². The molecule has 5 nitrogen and oxygen atoms in total. The average molecular weight is 313 g/mol. The van der Waals surface area contributed by atoms with E-state index >= 15 is 0 Å². The van der Waals surface area contributed by atoms with Gasteiger partial charge in [-0.15, -0.1) is 0 Å². The Kier molecular flexibility index (Phi) is 5.11. The lowest BCUT2D eigenvalue weighted by Crippen LogP contribution is -2.33. The van der Waals surface area contributed by atoms with Crippen molar-refractivity contribution in [2.24, 2.45) is 0 Å². The maximum atomic E-state index is 11.6. The molecule has 2 unspecified atom stereocenters. The first-order valence-electron chi connectivity index (χ1n) is 7.17. The summed E-state index contributed by atoms with van der Waals surface area (Å²) in [6.07, 6.45) is 1.57. The summed E-state index contributed by atoms with van der Waals surface area (Å²) in [5.74, 6) is 1.90. The topological polar surface area (TPSA) is 64.6 Å². The number of rotatable bonds is 6. The fraction of sp³-hybridized carbons (Fsp3) is 0.600. The van der Waals surface area contributed by atoms with Crippen LogP contribution in [0.5, 0.6) is 11.5 Å². The molecule has 1 heterocycles. The summed E-state index contributed by atoms with van der Waals surface area (Å²) < 4.78 is 33.7. The molecule has 1 N–H and O–H groups in total. The number of methoxy groups -OCH3 is 2. The van der Waals surface area contributed by atoms with Gasteiger partial charge < -0.3 is 14.8 Å². The van der Waals surface area contributed by atoms with Gasteiger partial charge in [0.15, 0.2) is 21.3 Å². The van der Waals surface area contributed by atoms with Gasteiger partial charge in [0.1, 0.15) is 0 Å². The fourth-order valence-electron chi connectivity index (χ4n) is 2.73. The average Bonchev–Trinajstić information content (AvgIpc) is 2.83. The zero-order valence-electron chi connectivity index (χ0n) is 12.8. The van der Waals surface area contributed by atoms with Crippen LogP contribution in [0.1, 0.15) is 31.4 Å². The molecule has 0 aliphatic carbocycles. The predicted molar refractivity (Wildman–Crippen MR) is 82.8 cm³/mol. The maximum Gasteiger partial charge on any atom is 0.161 e. The van der Waals surface area contributed by atoms with Gasteiger partial charge in [-0.2, -0.15) is 0 Å². The van der Waals surface area contributed by atoms with Gasteiger partial charge in [0, 0.05) is 12.1 Å². The molecule has 2 rings (SSSR count). The van der Waals surface area contributed by atoms with Crippen LogP contribution in [-0.2, 0) is 9.84 Å². The highest BCUT2D eigenvalue weighted by molar-refractivity contribution is 7.91. The Bertz CT molecular complexity index is 585. The van der Waals surface area contributed by atoms with Crippen molar-refractivity contribution in [2.75, 3.05) is 25.7 Å². The van der Waals surface area contributed by atoms with Gasteiger partial charge in [-0.1, -0.05) is 13.0 Å². The highest BCUT2D eigenvalue weighted by Crippen LogP contribution is 2.31. The minimum absolute atomic E-state index is 0.0352. The van der Waals surface area contributed by atoms with Crippen molar-refractivity contribution < 1.29 is 17.9 Å². The van der Waals surface area contributed by atoms with Gasteiger partial charge in [-0.25, -0.2) is 8.42 Å². The van der Waals surface area contributed by atoms with Gasteiger partial charge in [0.2, 0.25) is 0 Å². The summed E-state index contributed by atoms with van der Waals surface area (Å²) in [6.45, 7) is 2.08. The summed E-state index contributed by atoms with van der Waals surface area (Å²) >= 11 is 0. The molecule has 0 saturated carbocycles. The van der Waals surface area contributed by atoms with Crippen molar-refractivity contribution in [3.8, 4) is 11.5 Å². The van der Waals surface area contributed by atoms with E-state index in [1.54, 1.807) is 14.2 Å². The minimum atomic E-state index is -2.86. The van der Waals surface area contributed by atoms with Crippen LogP contribution in [0.3, 0.4) is 0 Å². The molecular formula is C15H23NO4S. The van der Waals surface area contributed by atoms with E-state index in [0.29, 0.717) is 17.9 Å². The lowest BCUT2D eigenvalue weighted by atomic mass is 10.0. The van der Waals surface area contributed by atoms with E-state index in [1.807, 2.05) is 18.2 Å². The second kappa shape index (κ2) is 6.66. The zero-order chi connectivity index (χ0) is 15.5. The van der Waals surface area contributed by atoms with Crippen LogP contribution < -0.4 is 14.8 Å². The Labute approximate surface area is 126 Å². The van der Waals surface area contributed by atoms with E-state index in [4.69, 9.17) is 9.47 Å². The summed E-state index contributed by atoms with van der Waals surface area (Å²) in [5, 5.41) is 3.45. The summed E-state index contributed by atoms with van der Waals surface area (Å²) in [7, 11) is 0.356. The van der Waals surface area contributed by atoms with E-state index in [1.165, 1.54) is 0 Å². The first-order chi connectivity index (χ1) is 9.99. The smallest absolute Gasteiger partial charge is 0.161 e. The second-order valence-electron chi connectivity index (χ2n) is 5.34. The third-order valence-corrected chi connectivity index (χ3v) is 5.66. The van der Waals surface area contributed by atoms with Crippen molar-refractivity contribution in [1.29, 1.82) is 0 Å². The monoisotopic (exact) mass is 313 g/mol. The first kappa shape index (κ1) is 16.1. The van der Waals surface area contributed by atoms with E-state index in [0.717, 1.165) is 12.0 Å². The molecule has 1 aromatic rings. The predicted octanol–water partition coefficient (Wildman–Crippen LogP) is 1.93. The molecule has 1 aliphatic rings. The molecule has 0 bridgehead atoms. The summed E-state index contributed by atoms with van der Waals surface area (Å²) in [5.41, 5.74) is 1.08. The molecule has 118 valence electrons. The van der Waals surface area contributed by atoms with E-state index in [-0.39, 0.29) is 23.6 Å². The van der Waals surface area contributed by atoms with Crippen molar-refractivity contribution in [3.63, 3.8) is 0 Å². The molecule has 6 heteroatoms. The molecule has 1 aliphatic heterocycles. The number of benzene rings is 1. The highest BCUT2D eigenvalue weighted by atomic mass is 32.2. The lowest BCUT2D eigenvalue weighted by molar-refractivity contribution is 0.353. The SMILES string of the molecule is CCC(NC1CCS(=O)(=O)C1)c1ccc(OC)c(OC)c1. The molecule has 2 atom stereocenters. The van der Waals surface area contributed by atoms with Crippen molar-refractivity contribution >= 4 is 9.84 Å². The van der Waals surface area contributed by atoms with Gasteiger partial charge in [-0.05, 0) is 30.5 Å². The zero-order valence-corrected chi connectivity index (χ0v) is 13.6. The molecule has 21 heavy (non-hydrogen) atoms. The molecule has 0 spiro atoms. The van der Waals surface area contributed by atoms with E-state index in [2.05, 4.69) is 12.2 Å². The van der Waals surface area contributed by atoms with Crippen molar-refractivity contribution in [1.82, 2.24) is 5.32 Å². The quantitative estimate of drug-likeness (QED) is 0.869. The third-order valence-electron chi connectivity index (χ3n) is 3.89. The Morgan fingerprint density at radius 1 is 1.29 bits per heavy atom. The number of sulfone groups is 1. The molecule has 0 aromatic heterocycles. The number of ether oxygens (including phenoxy) is 2. The standard InChI is InChI=1S/C15H23NO4S/c1-4-13(16-12-7-8-21(17,18)10-12)11-5-6-14(19-2)15(9-11)20-3/h5-6,9,12-13,16H,4,7-8,10H2,1-3H3. The largest absolute Gasteiger partial charge is 0.493 e. The Morgan fingerprint density at radius 2 is 2.00 bits per heavy atom. The van der Waals surface area contributed by atoms with Gasteiger partial charge in [0.05, 0.1) is 25.7 Å². The van der Waals surface area contributed by atoms with Crippen LogP contribution in [-0.4, -0.2) is 40.2 Å². The molecule has 1 fully saturated rings. The molecule has 0 amide bonds. The lowest BCUT2D eigenvalue weighted by Gasteiger charge is -2.22. The second-order valence-corrected chi connectivity index (χ2v) is 7.57. The number of hydrogen-bond donors (Lipinski definition) is 1. The van der Waals surface area contributed by atoms with Crippen molar-refractivity contribution in [3.05, 3.63) is 23.8 Å². The van der Waals surface area contributed by atoms with Crippen LogP contribution in [0.2, 0.25) is 0 Å². The summed E-state index contributed by atoms with van der Waals surface area (Å²) in [6, 6.07) is 5.97. The molecule has 1 aromatic carbocycles. The fourth-order valence-corrected chi connectivity index (χ4v) is 4.42. The Hall–Kier alpha value is -1.27. The van der Waals surface area contributed by atoms with Crippen LogP contribution in [0.15, 0.2) is 18.2 Å². The third kappa shape index (κ3) is 3.89. The normalized spacial score (nSPS) is 22.0. The van der Waals surface area contributed by atoms with Crippen molar-refractivity contribution in [2.45, 2.75) is 31.8 Å². The van der Waals surface area contributed by atoms with Crippen LogP contribution in [0, 0.1) is 0 Å². The molecule has 1 saturated heterocycles. The Balaban J connectivity index is 2.14. The Morgan fingerprint density at radius 3 is 2.52 bits per heavy atom. The summed E-state index contributed by atoms with van der Waals surface area (Å²) in [4.78, 5) is 0. The van der Waals surface area contributed by atoms with Gasteiger partial charge in [0.25, 0.3) is 0 Å². The van der Waals surface area contributed by atoms with Crippen LogP contribution in [0.25, 0.3) is 0 Å². The van der Waals surface area contributed by atoms with Gasteiger partial charge >= 0.3 is 0 Å². The number of hydrogen-bond acceptors (Lipinski definition) is 5. The van der Waals surface area contributed by atoms with E-state index in [9.17, 15) is 8.42 Å². The van der Waals surface area contributed by atoms with Gasteiger partial charge in [-0.3, -0.25) is 0 Å². The highest BCUT2D eigenvalue weighted by Gasteiger charge is 2.29.